The van der Waals surface area contributed by atoms with Gasteiger partial charge in [-0.15, -0.1) is 0 Å². The summed E-state index contributed by atoms with van der Waals surface area (Å²) in [4.78, 5) is 4.53. The number of aryl methyl sites for hydroxylation is 3. The van der Waals surface area contributed by atoms with Gasteiger partial charge in [-0.2, -0.15) is 0 Å². The van der Waals surface area contributed by atoms with Gasteiger partial charge < -0.3 is 14.4 Å². The fraction of sp³-hybridized carbons (Fsp3) is 0.538. The van der Waals surface area contributed by atoms with Crippen molar-refractivity contribution in [1.82, 2.24) is 14.7 Å². The Labute approximate surface area is 106 Å². The second kappa shape index (κ2) is 4.15. The van der Waals surface area contributed by atoms with Crippen molar-refractivity contribution in [2.75, 3.05) is 5.32 Å². The van der Waals surface area contributed by atoms with Crippen LogP contribution in [0.25, 0.3) is 0 Å². The maximum Gasteiger partial charge on any atom is 0.203 e. The lowest BCUT2D eigenvalue weighted by atomic mass is 10.2. The van der Waals surface area contributed by atoms with Gasteiger partial charge in [0.1, 0.15) is 5.76 Å². The van der Waals surface area contributed by atoms with Crippen molar-refractivity contribution < 1.29 is 4.52 Å². The van der Waals surface area contributed by atoms with Gasteiger partial charge in [0.2, 0.25) is 5.95 Å². The monoisotopic (exact) mass is 246 g/mol. The molecule has 0 amide bonds. The lowest BCUT2D eigenvalue weighted by Gasteiger charge is -2.08. The highest BCUT2D eigenvalue weighted by molar-refractivity contribution is 5.34. The molecule has 0 aliphatic heterocycles. The standard InChI is InChI=1S/C13H18N4O/c1-8-6-17(13(14-8)15-11-4-5-11)7-12-9(2)16-18-10(12)3/h6,11H,4-5,7H2,1-3H3,(H,14,15). The van der Waals surface area contributed by atoms with Crippen LogP contribution in [0.2, 0.25) is 0 Å². The Hall–Kier alpha value is -1.78. The van der Waals surface area contributed by atoms with Crippen LogP contribution in [0.4, 0.5) is 5.95 Å². The first-order valence-electron chi connectivity index (χ1n) is 6.35. The van der Waals surface area contributed by atoms with Crippen molar-refractivity contribution in [2.24, 2.45) is 0 Å². The van der Waals surface area contributed by atoms with Gasteiger partial charge in [-0.25, -0.2) is 4.98 Å². The average Bonchev–Trinajstić information content (AvgIpc) is 3.00. The van der Waals surface area contributed by atoms with Crippen LogP contribution in [0.1, 0.15) is 35.6 Å². The molecule has 0 spiro atoms. The maximum absolute atomic E-state index is 5.20. The summed E-state index contributed by atoms with van der Waals surface area (Å²) in [6, 6.07) is 0.607. The summed E-state index contributed by atoms with van der Waals surface area (Å²) in [5.41, 5.74) is 3.13. The molecule has 0 saturated heterocycles. The van der Waals surface area contributed by atoms with E-state index in [1.54, 1.807) is 0 Å². The molecule has 96 valence electrons. The number of nitrogens with zero attached hydrogens (tertiary/aromatic N) is 3. The third-order valence-electron chi connectivity index (χ3n) is 3.32. The van der Waals surface area contributed by atoms with E-state index in [0.29, 0.717) is 6.04 Å². The lowest BCUT2D eigenvalue weighted by molar-refractivity contribution is 0.392. The molecule has 1 aliphatic carbocycles. The van der Waals surface area contributed by atoms with Crippen molar-refractivity contribution in [3.63, 3.8) is 0 Å². The molecule has 2 aromatic heterocycles. The maximum atomic E-state index is 5.20. The highest BCUT2D eigenvalue weighted by Crippen LogP contribution is 2.25. The van der Waals surface area contributed by atoms with E-state index >= 15 is 0 Å². The SMILES string of the molecule is Cc1cn(Cc2c(C)noc2C)c(NC2CC2)n1. The minimum atomic E-state index is 0.607. The summed E-state index contributed by atoms with van der Waals surface area (Å²) in [6.07, 6.45) is 4.56. The second-order valence-electron chi connectivity index (χ2n) is 5.06. The van der Waals surface area contributed by atoms with Crippen molar-refractivity contribution in [1.29, 1.82) is 0 Å². The minimum Gasteiger partial charge on any atom is -0.361 e. The van der Waals surface area contributed by atoms with Crippen LogP contribution in [-0.2, 0) is 6.54 Å². The van der Waals surface area contributed by atoms with Crippen molar-refractivity contribution in [3.8, 4) is 0 Å². The minimum absolute atomic E-state index is 0.607. The molecule has 0 unspecified atom stereocenters. The molecule has 1 N–H and O–H groups in total. The number of anilines is 1. The van der Waals surface area contributed by atoms with Crippen molar-refractivity contribution in [2.45, 2.75) is 46.2 Å². The molecule has 1 aliphatic rings. The van der Waals surface area contributed by atoms with Gasteiger partial charge in [-0.1, -0.05) is 5.16 Å². The molecule has 5 heteroatoms. The van der Waals surface area contributed by atoms with Gasteiger partial charge in [0.15, 0.2) is 0 Å². The Morgan fingerprint density at radius 2 is 2.17 bits per heavy atom. The first kappa shape index (κ1) is 11.3. The summed E-state index contributed by atoms with van der Waals surface area (Å²) in [5.74, 6) is 1.84. The Morgan fingerprint density at radius 1 is 1.39 bits per heavy atom. The molecule has 0 bridgehead atoms. The Bertz CT molecular complexity index is 546. The van der Waals surface area contributed by atoms with Gasteiger partial charge in [0.05, 0.1) is 17.9 Å². The lowest BCUT2D eigenvalue weighted by Crippen LogP contribution is -2.10. The van der Waals surface area contributed by atoms with E-state index in [2.05, 4.69) is 26.2 Å². The zero-order valence-electron chi connectivity index (χ0n) is 11.0. The van der Waals surface area contributed by atoms with Crippen LogP contribution >= 0.6 is 0 Å². The molecular formula is C13H18N4O. The summed E-state index contributed by atoms with van der Waals surface area (Å²) in [6.45, 7) is 6.70. The highest BCUT2D eigenvalue weighted by atomic mass is 16.5. The van der Waals surface area contributed by atoms with Crippen molar-refractivity contribution >= 4 is 5.95 Å². The van der Waals surface area contributed by atoms with E-state index < -0.39 is 0 Å². The first-order chi connectivity index (χ1) is 8.63. The van der Waals surface area contributed by atoms with Crippen LogP contribution in [-0.4, -0.2) is 20.7 Å². The van der Waals surface area contributed by atoms with Crippen LogP contribution in [0.3, 0.4) is 0 Å². The zero-order valence-corrected chi connectivity index (χ0v) is 11.0. The van der Waals surface area contributed by atoms with E-state index in [1.807, 2.05) is 20.8 Å². The van der Waals surface area contributed by atoms with E-state index in [4.69, 9.17) is 4.52 Å². The predicted octanol–water partition coefficient (Wildman–Crippen LogP) is 2.42. The van der Waals surface area contributed by atoms with E-state index in [9.17, 15) is 0 Å². The first-order valence-corrected chi connectivity index (χ1v) is 6.35. The third-order valence-corrected chi connectivity index (χ3v) is 3.32. The highest BCUT2D eigenvalue weighted by Gasteiger charge is 2.23. The van der Waals surface area contributed by atoms with Gasteiger partial charge in [0.25, 0.3) is 0 Å². The number of nitrogens with one attached hydrogen (secondary N) is 1. The van der Waals surface area contributed by atoms with Crippen LogP contribution in [0.5, 0.6) is 0 Å². The van der Waals surface area contributed by atoms with Gasteiger partial charge in [-0.05, 0) is 33.6 Å². The smallest absolute Gasteiger partial charge is 0.203 e. The van der Waals surface area contributed by atoms with Crippen LogP contribution in [0.15, 0.2) is 10.7 Å². The molecule has 1 saturated carbocycles. The normalized spacial score (nSPS) is 15.1. The summed E-state index contributed by atoms with van der Waals surface area (Å²) >= 11 is 0. The average molecular weight is 246 g/mol. The third kappa shape index (κ3) is 2.12. The molecular weight excluding hydrogens is 228 g/mol. The largest absolute Gasteiger partial charge is 0.361 e. The Balaban J connectivity index is 1.87. The Morgan fingerprint density at radius 3 is 2.78 bits per heavy atom. The molecule has 2 heterocycles. The van der Waals surface area contributed by atoms with Crippen LogP contribution < -0.4 is 5.32 Å². The van der Waals surface area contributed by atoms with Gasteiger partial charge in [0, 0.05) is 17.8 Å². The topological polar surface area (TPSA) is 55.9 Å². The van der Waals surface area contributed by atoms with Gasteiger partial charge >= 0.3 is 0 Å². The molecule has 0 atom stereocenters. The fourth-order valence-electron chi connectivity index (χ4n) is 2.09. The Kier molecular flexibility index (Phi) is 2.61. The molecule has 0 aromatic carbocycles. The molecule has 2 aromatic rings. The molecule has 18 heavy (non-hydrogen) atoms. The molecule has 0 radical (unpaired) electrons. The summed E-state index contributed by atoms with van der Waals surface area (Å²) in [7, 11) is 0. The fourth-order valence-corrected chi connectivity index (χ4v) is 2.09. The van der Waals surface area contributed by atoms with E-state index in [1.165, 1.54) is 12.8 Å². The number of hydrogen-bond donors (Lipinski definition) is 1. The summed E-state index contributed by atoms with van der Waals surface area (Å²) < 4.78 is 7.34. The molecule has 5 nitrogen and oxygen atoms in total. The van der Waals surface area contributed by atoms with E-state index in [-0.39, 0.29) is 0 Å². The second-order valence-corrected chi connectivity index (χ2v) is 5.06. The zero-order chi connectivity index (χ0) is 12.7. The number of aromatic nitrogens is 3. The van der Waals surface area contributed by atoms with Crippen molar-refractivity contribution in [3.05, 3.63) is 28.9 Å². The quantitative estimate of drug-likeness (QED) is 0.900. The number of hydrogen-bond acceptors (Lipinski definition) is 4. The molecule has 1 fully saturated rings. The summed E-state index contributed by atoms with van der Waals surface area (Å²) in [5, 5.41) is 7.45. The predicted molar refractivity (Wildman–Crippen MR) is 68.7 cm³/mol. The number of imidazole rings is 1. The van der Waals surface area contributed by atoms with Crippen LogP contribution in [0, 0.1) is 20.8 Å². The number of rotatable bonds is 4. The van der Waals surface area contributed by atoms with Gasteiger partial charge in [-0.3, -0.25) is 0 Å². The van der Waals surface area contributed by atoms with E-state index in [0.717, 1.165) is 35.2 Å². The molecule has 3 rings (SSSR count).